The summed E-state index contributed by atoms with van der Waals surface area (Å²) in [5.74, 6) is -11.5. The van der Waals surface area contributed by atoms with E-state index in [2.05, 4.69) is 10.3 Å². The minimum absolute atomic E-state index is 0.0519. The minimum Gasteiger partial charge on any atom is -0.507 e. The van der Waals surface area contributed by atoms with Gasteiger partial charge in [-0.15, -0.1) is 0 Å². The number of anilines is 2. The molecule has 2 aromatic rings. The number of halogens is 3. The Hall–Kier alpha value is -4.27. The van der Waals surface area contributed by atoms with Crippen LogP contribution in [0.15, 0.2) is 16.7 Å². The zero-order chi connectivity index (χ0) is 30.2. The second-order valence-corrected chi connectivity index (χ2v) is 10.8. The SMILES string of the molecule is CN(C)c1cc(CNc2nc(C(F)(F)F)co2)c(O)c2c1C[C@H]1C[C@H]3CC(=O)C(C(N)=O)C(=O)[C@@]3(O)C(=O)C1C2=O. The third kappa shape index (κ3) is 4.26. The molecule has 2 saturated carbocycles. The zero-order valence-electron chi connectivity index (χ0n) is 21.7. The molecular weight excluding hydrogens is 553 g/mol. The van der Waals surface area contributed by atoms with Crippen molar-refractivity contribution in [3.05, 3.63) is 34.7 Å². The predicted octanol–water partition coefficient (Wildman–Crippen LogP) is 1.01. The lowest BCUT2D eigenvalue weighted by molar-refractivity contribution is -0.175. The number of aromatic nitrogens is 1. The van der Waals surface area contributed by atoms with Crippen LogP contribution >= 0.6 is 0 Å². The number of primary amides is 1. The molecule has 1 heterocycles. The van der Waals surface area contributed by atoms with Crippen LogP contribution in [0.25, 0.3) is 0 Å². The maximum absolute atomic E-state index is 13.8. The van der Waals surface area contributed by atoms with Crippen LogP contribution in [0.1, 0.15) is 40.0 Å². The highest BCUT2D eigenvalue weighted by Gasteiger charge is 2.66. The maximum atomic E-state index is 13.8. The Morgan fingerprint density at radius 2 is 1.90 bits per heavy atom. The number of hydrogen-bond donors (Lipinski definition) is 4. The van der Waals surface area contributed by atoms with Gasteiger partial charge in [-0.1, -0.05) is 0 Å². The van der Waals surface area contributed by atoms with Crippen molar-refractivity contribution < 1.29 is 51.8 Å². The van der Waals surface area contributed by atoms with Gasteiger partial charge in [0, 0.05) is 44.2 Å². The number of amides is 1. The largest absolute Gasteiger partial charge is 0.507 e. The van der Waals surface area contributed by atoms with Gasteiger partial charge in [0.15, 0.2) is 40.3 Å². The number of carbonyl (C=O) groups excluding carboxylic acids is 5. The first kappa shape index (κ1) is 28.3. The van der Waals surface area contributed by atoms with E-state index < -0.39 is 88.4 Å². The summed E-state index contributed by atoms with van der Waals surface area (Å²) in [7, 11) is 3.33. The van der Waals surface area contributed by atoms with Crippen molar-refractivity contribution in [2.75, 3.05) is 24.3 Å². The summed E-state index contributed by atoms with van der Waals surface area (Å²) >= 11 is 0. The van der Waals surface area contributed by atoms with E-state index in [-0.39, 0.29) is 30.5 Å². The van der Waals surface area contributed by atoms with Crippen molar-refractivity contribution in [3.63, 3.8) is 0 Å². The van der Waals surface area contributed by atoms with E-state index in [0.717, 1.165) is 0 Å². The minimum atomic E-state index is -4.74. The van der Waals surface area contributed by atoms with Crippen LogP contribution in [0.5, 0.6) is 5.75 Å². The van der Waals surface area contributed by atoms with Gasteiger partial charge in [-0.05, 0) is 30.4 Å². The first-order valence-corrected chi connectivity index (χ1v) is 12.6. The third-order valence-corrected chi connectivity index (χ3v) is 8.16. The van der Waals surface area contributed by atoms with Gasteiger partial charge >= 0.3 is 6.18 Å². The van der Waals surface area contributed by atoms with Gasteiger partial charge in [0.1, 0.15) is 12.0 Å². The van der Waals surface area contributed by atoms with Gasteiger partial charge in [0.05, 0.1) is 11.5 Å². The Morgan fingerprint density at radius 1 is 1.22 bits per heavy atom. The Morgan fingerprint density at radius 3 is 2.49 bits per heavy atom. The number of alkyl halides is 3. The molecule has 3 aliphatic carbocycles. The highest BCUT2D eigenvalue weighted by atomic mass is 19.4. The highest BCUT2D eigenvalue weighted by Crippen LogP contribution is 2.51. The Kier molecular flexibility index (Phi) is 6.48. The molecule has 5 rings (SSSR count). The van der Waals surface area contributed by atoms with Crippen LogP contribution in [0, 0.1) is 23.7 Å². The van der Waals surface area contributed by atoms with E-state index in [1.807, 2.05) is 0 Å². The van der Waals surface area contributed by atoms with Crippen LogP contribution < -0.4 is 16.0 Å². The molecule has 1 amide bonds. The molecule has 2 fully saturated rings. The fourth-order valence-corrected chi connectivity index (χ4v) is 6.26. The van der Waals surface area contributed by atoms with Crippen LogP contribution in [-0.4, -0.2) is 63.9 Å². The number of nitrogens with zero attached hydrogens (tertiary/aromatic N) is 2. The number of ketones is 4. The summed E-state index contributed by atoms with van der Waals surface area (Å²) < 4.78 is 43.4. The molecule has 41 heavy (non-hydrogen) atoms. The number of nitrogens with two attached hydrogens (primary N) is 1. The second-order valence-electron chi connectivity index (χ2n) is 10.8. The Labute approximate surface area is 229 Å². The standard InChI is InChI=1S/C26H25F3N4O8/c1-33(2)13-5-10(7-31-24-32-15(8-41-24)26(27,28)29)19(35)17-12(13)4-9-3-11-6-14(34)18(23(30)39)22(38)25(11,40)21(37)16(9)20(17)36/h5,8-9,11,16,18,35,40H,3-4,6-7H2,1-2H3,(H2,30,39)(H,31,32)/t9-,11+,16?,18?,25+/m1/s1. The Bertz CT molecular complexity index is 1520. The number of aromatic hydroxyl groups is 1. The molecule has 12 nitrogen and oxygen atoms in total. The van der Waals surface area contributed by atoms with Gasteiger partial charge in [-0.3, -0.25) is 24.0 Å². The molecule has 0 saturated heterocycles. The first-order chi connectivity index (χ1) is 19.1. The van der Waals surface area contributed by atoms with E-state index in [1.165, 1.54) is 6.07 Å². The average Bonchev–Trinajstić information content (AvgIpc) is 3.35. The van der Waals surface area contributed by atoms with Crippen LogP contribution in [0.3, 0.4) is 0 Å². The van der Waals surface area contributed by atoms with Gasteiger partial charge in [-0.2, -0.15) is 18.2 Å². The number of nitrogens with one attached hydrogen (secondary N) is 1. The van der Waals surface area contributed by atoms with Crippen molar-refractivity contribution in [2.45, 2.75) is 37.6 Å². The molecule has 5 N–H and O–H groups in total. The van der Waals surface area contributed by atoms with E-state index in [0.29, 0.717) is 17.5 Å². The topological polar surface area (TPSA) is 193 Å². The zero-order valence-corrected chi connectivity index (χ0v) is 21.7. The van der Waals surface area contributed by atoms with Crippen LogP contribution in [-0.2, 0) is 38.3 Å². The normalized spacial score (nSPS) is 27.7. The van der Waals surface area contributed by atoms with Crippen molar-refractivity contribution in [3.8, 4) is 5.75 Å². The number of benzene rings is 1. The molecule has 1 aromatic carbocycles. The summed E-state index contributed by atoms with van der Waals surface area (Å²) in [6.45, 7) is -0.319. The Balaban J connectivity index is 1.52. The average molecular weight is 579 g/mol. The number of carbonyl (C=O) groups is 5. The summed E-state index contributed by atoms with van der Waals surface area (Å²) in [5.41, 5.74) is 1.84. The van der Waals surface area contributed by atoms with Crippen molar-refractivity contribution in [1.29, 1.82) is 0 Å². The van der Waals surface area contributed by atoms with Crippen molar-refractivity contribution in [1.82, 2.24) is 4.98 Å². The number of aliphatic hydroxyl groups is 1. The lowest BCUT2D eigenvalue weighted by atomic mass is 9.53. The van der Waals surface area contributed by atoms with Gasteiger partial charge in [-0.25, -0.2) is 0 Å². The quantitative estimate of drug-likeness (QED) is 0.370. The van der Waals surface area contributed by atoms with E-state index >= 15 is 0 Å². The molecule has 5 atom stereocenters. The lowest BCUT2D eigenvalue weighted by Crippen LogP contribution is -2.68. The van der Waals surface area contributed by atoms with Gasteiger partial charge in [0.25, 0.3) is 6.01 Å². The molecule has 15 heteroatoms. The van der Waals surface area contributed by atoms with Crippen molar-refractivity contribution in [2.24, 2.45) is 29.4 Å². The lowest BCUT2D eigenvalue weighted by Gasteiger charge is -2.48. The van der Waals surface area contributed by atoms with E-state index in [4.69, 9.17) is 10.2 Å². The molecule has 1 aromatic heterocycles. The number of oxazole rings is 1. The number of phenols is 1. The number of Topliss-reactive ketones (excluding diaryl/α,β-unsaturated/α-hetero) is 4. The smallest absolute Gasteiger partial charge is 0.436 e. The first-order valence-electron chi connectivity index (χ1n) is 12.6. The molecule has 218 valence electrons. The van der Waals surface area contributed by atoms with Crippen molar-refractivity contribution >= 4 is 40.7 Å². The summed E-state index contributed by atoms with van der Waals surface area (Å²) in [6, 6.07) is 1.03. The molecule has 0 bridgehead atoms. The maximum Gasteiger partial charge on any atom is 0.436 e. The fraction of sp³-hybridized carbons (Fsp3) is 0.462. The van der Waals surface area contributed by atoms with E-state index in [1.54, 1.807) is 19.0 Å². The number of hydrogen-bond acceptors (Lipinski definition) is 11. The van der Waals surface area contributed by atoms with Crippen LogP contribution in [0.2, 0.25) is 0 Å². The summed E-state index contributed by atoms with van der Waals surface area (Å²) in [6.07, 6.45) is -4.74. The monoisotopic (exact) mass is 578 g/mol. The van der Waals surface area contributed by atoms with E-state index in [9.17, 15) is 47.4 Å². The van der Waals surface area contributed by atoms with Gasteiger partial charge in [0.2, 0.25) is 5.91 Å². The summed E-state index contributed by atoms with van der Waals surface area (Å²) in [5, 5.41) is 25.0. The molecule has 3 aliphatic rings. The van der Waals surface area contributed by atoms with Crippen LogP contribution in [0.4, 0.5) is 24.9 Å². The summed E-state index contributed by atoms with van der Waals surface area (Å²) in [4.78, 5) is 69.8. The van der Waals surface area contributed by atoms with Gasteiger partial charge < -0.3 is 30.6 Å². The molecule has 0 radical (unpaired) electrons. The predicted molar refractivity (Wildman–Crippen MR) is 132 cm³/mol. The third-order valence-electron chi connectivity index (χ3n) is 8.16. The number of rotatable bonds is 5. The second kappa shape index (κ2) is 9.39. The number of phenolic OH excluding ortho intramolecular Hbond substituents is 1. The molecular formula is C26H25F3N4O8. The number of fused-ring (bicyclic) bond motifs is 3. The molecule has 0 aliphatic heterocycles. The highest BCUT2D eigenvalue weighted by molar-refractivity contribution is 6.31. The molecule has 0 spiro atoms. The molecule has 2 unspecified atom stereocenters. The fourth-order valence-electron chi connectivity index (χ4n) is 6.26.